The highest BCUT2D eigenvalue weighted by molar-refractivity contribution is 6.74. The van der Waals surface area contributed by atoms with E-state index in [1.54, 1.807) is 0 Å². The second-order valence-corrected chi connectivity index (χ2v) is 14.7. The number of aliphatic hydroxyl groups excluding tert-OH is 1. The van der Waals surface area contributed by atoms with Gasteiger partial charge in [-0.25, -0.2) is 0 Å². The molecule has 0 aromatic heterocycles. The summed E-state index contributed by atoms with van der Waals surface area (Å²) < 4.78 is 16.6. The molecule has 0 aliphatic heterocycles. The molecule has 1 fully saturated rings. The summed E-state index contributed by atoms with van der Waals surface area (Å²) in [6.45, 7) is 13.0. The van der Waals surface area contributed by atoms with Crippen molar-refractivity contribution >= 4 is 20.3 Å². The highest BCUT2D eigenvalue weighted by atomic mass is 28.4. The summed E-state index contributed by atoms with van der Waals surface area (Å²) in [4.78, 5) is 22.7. The van der Waals surface area contributed by atoms with Crippen molar-refractivity contribution in [3.63, 3.8) is 0 Å². The third kappa shape index (κ3) is 8.38. The van der Waals surface area contributed by atoms with Gasteiger partial charge >= 0.3 is 11.9 Å². The van der Waals surface area contributed by atoms with Gasteiger partial charge in [0.2, 0.25) is 0 Å². The van der Waals surface area contributed by atoms with Crippen molar-refractivity contribution in [2.24, 2.45) is 11.8 Å². The Hall–Kier alpha value is -0.923. The van der Waals surface area contributed by atoms with Gasteiger partial charge in [0, 0.05) is 38.2 Å². The zero-order chi connectivity index (χ0) is 22.2. The molecule has 1 unspecified atom stereocenters. The first kappa shape index (κ1) is 26.1. The summed E-state index contributed by atoms with van der Waals surface area (Å²) in [5.74, 6) is -0.360. The number of hydrogen-bond acceptors (Lipinski definition) is 6. The normalized spacial score (nSPS) is 25.1. The van der Waals surface area contributed by atoms with Crippen LogP contribution in [0.25, 0.3) is 0 Å². The van der Waals surface area contributed by atoms with Crippen LogP contribution in [0.15, 0.2) is 0 Å². The first-order valence-corrected chi connectivity index (χ1v) is 13.9. The van der Waals surface area contributed by atoms with E-state index in [2.05, 4.69) is 38.6 Å². The van der Waals surface area contributed by atoms with Gasteiger partial charge in [-0.3, -0.25) is 9.59 Å². The van der Waals surface area contributed by atoms with Crippen molar-refractivity contribution in [1.82, 2.24) is 0 Å². The number of esters is 2. The molecule has 29 heavy (non-hydrogen) atoms. The minimum atomic E-state index is -1.91. The van der Waals surface area contributed by atoms with Gasteiger partial charge in [-0.15, -0.1) is 0 Å². The fourth-order valence-corrected chi connectivity index (χ4v) is 4.80. The second kappa shape index (κ2) is 11.5. The van der Waals surface area contributed by atoms with Crippen LogP contribution in [0.3, 0.4) is 0 Å². The number of ether oxygens (including phenoxy) is 2. The lowest BCUT2D eigenvalue weighted by molar-refractivity contribution is -0.148. The molecule has 0 heterocycles. The number of rotatable bonds is 11. The van der Waals surface area contributed by atoms with Crippen LogP contribution < -0.4 is 0 Å². The minimum Gasteiger partial charge on any atom is -0.469 e. The summed E-state index contributed by atoms with van der Waals surface area (Å²) in [7, 11) is -0.500. The molecule has 170 valence electrons. The van der Waals surface area contributed by atoms with E-state index in [0.29, 0.717) is 19.4 Å². The first-order valence-electron chi connectivity index (χ1n) is 10.9. The quantitative estimate of drug-likeness (QED) is 0.296. The Morgan fingerprint density at radius 2 is 1.69 bits per heavy atom. The summed E-state index contributed by atoms with van der Waals surface area (Å²) in [5, 5.41) is 10.8. The maximum atomic E-state index is 11.5. The lowest BCUT2D eigenvalue weighted by Crippen LogP contribution is -2.43. The van der Waals surface area contributed by atoms with E-state index in [-0.39, 0.29) is 34.9 Å². The number of methoxy groups -OCH3 is 1. The largest absolute Gasteiger partial charge is 0.469 e. The predicted molar refractivity (Wildman–Crippen MR) is 116 cm³/mol. The average molecular weight is 431 g/mol. The summed E-state index contributed by atoms with van der Waals surface area (Å²) >= 11 is 0. The zero-order valence-corrected chi connectivity index (χ0v) is 20.5. The molecule has 1 aliphatic carbocycles. The summed E-state index contributed by atoms with van der Waals surface area (Å²) in [6.07, 6.45) is 4.85. The third-order valence-corrected chi connectivity index (χ3v) is 11.2. The summed E-state index contributed by atoms with van der Waals surface area (Å²) in [6, 6.07) is 0. The standard InChI is InChI=1S/C22H42O6Si/c1-16(23)28-20-14-19(24)18(15-27-29(6,7)22(2,3)4)17(20)12-10-8-9-11-13-21(25)26-5/h17-20,24H,8-15H2,1-7H3/t17?,18-,19-,20+/m1/s1. The molecular weight excluding hydrogens is 388 g/mol. The monoisotopic (exact) mass is 430 g/mol. The van der Waals surface area contributed by atoms with Crippen LogP contribution in [0.5, 0.6) is 0 Å². The number of hydrogen-bond donors (Lipinski definition) is 1. The van der Waals surface area contributed by atoms with E-state index >= 15 is 0 Å². The Kier molecular flexibility index (Phi) is 10.3. The third-order valence-electron chi connectivity index (χ3n) is 6.65. The molecule has 1 N–H and O–H groups in total. The van der Waals surface area contributed by atoms with E-state index < -0.39 is 14.4 Å². The van der Waals surface area contributed by atoms with Crippen LogP contribution in [-0.4, -0.2) is 51.3 Å². The molecule has 6 nitrogen and oxygen atoms in total. The van der Waals surface area contributed by atoms with E-state index in [1.807, 2.05) is 0 Å². The van der Waals surface area contributed by atoms with Gasteiger partial charge in [0.25, 0.3) is 0 Å². The Bertz CT molecular complexity index is 528. The van der Waals surface area contributed by atoms with Crippen LogP contribution in [0.1, 0.15) is 72.6 Å². The number of carbonyl (C=O) groups excluding carboxylic acids is 2. The lowest BCUT2D eigenvalue weighted by Gasteiger charge is -2.38. The molecule has 1 rings (SSSR count). The van der Waals surface area contributed by atoms with Crippen molar-refractivity contribution < 1.29 is 28.6 Å². The van der Waals surface area contributed by atoms with Gasteiger partial charge in [0.05, 0.1) is 13.2 Å². The SMILES string of the molecule is COC(=O)CCCCCCC1[C@@H](OC(C)=O)C[C@@H](O)[C@@H]1CO[Si](C)(C)C(C)(C)C. The first-order chi connectivity index (χ1) is 13.4. The minimum absolute atomic E-state index is 0.0106. The van der Waals surface area contributed by atoms with E-state index in [4.69, 9.17) is 9.16 Å². The Morgan fingerprint density at radius 3 is 2.24 bits per heavy atom. The van der Waals surface area contributed by atoms with Crippen molar-refractivity contribution in [2.45, 2.75) is 103 Å². The Balaban J connectivity index is 2.64. The highest BCUT2D eigenvalue weighted by Crippen LogP contribution is 2.41. The average Bonchev–Trinajstić information content (AvgIpc) is 2.88. The molecule has 0 bridgehead atoms. The van der Waals surface area contributed by atoms with E-state index in [0.717, 1.165) is 32.1 Å². The molecule has 1 saturated carbocycles. The van der Waals surface area contributed by atoms with Crippen LogP contribution in [-0.2, 0) is 23.5 Å². The fourth-order valence-electron chi connectivity index (χ4n) is 3.76. The Morgan fingerprint density at radius 1 is 1.07 bits per heavy atom. The van der Waals surface area contributed by atoms with Crippen molar-refractivity contribution in [1.29, 1.82) is 0 Å². The van der Waals surface area contributed by atoms with Gasteiger partial charge in [0.1, 0.15) is 6.10 Å². The van der Waals surface area contributed by atoms with Crippen LogP contribution >= 0.6 is 0 Å². The maximum absolute atomic E-state index is 11.5. The summed E-state index contributed by atoms with van der Waals surface area (Å²) in [5.41, 5.74) is 0. The highest BCUT2D eigenvalue weighted by Gasteiger charge is 2.46. The molecule has 0 saturated heterocycles. The molecule has 0 aromatic rings. The van der Waals surface area contributed by atoms with Gasteiger partial charge in [-0.1, -0.05) is 40.0 Å². The molecule has 0 spiro atoms. The molecular formula is C22H42O6Si. The van der Waals surface area contributed by atoms with E-state index in [1.165, 1.54) is 14.0 Å². The Labute approximate surface area is 177 Å². The molecule has 0 aromatic carbocycles. The molecule has 1 aliphatic rings. The van der Waals surface area contributed by atoms with Gasteiger partial charge in [-0.05, 0) is 31.0 Å². The van der Waals surface area contributed by atoms with Gasteiger partial charge in [-0.2, -0.15) is 0 Å². The van der Waals surface area contributed by atoms with E-state index in [9.17, 15) is 14.7 Å². The molecule has 4 atom stereocenters. The number of aliphatic hydroxyl groups is 1. The molecule has 0 amide bonds. The maximum Gasteiger partial charge on any atom is 0.305 e. The van der Waals surface area contributed by atoms with Crippen LogP contribution in [0.4, 0.5) is 0 Å². The second-order valence-electron chi connectivity index (χ2n) is 9.88. The molecule has 7 heteroatoms. The van der Waals surface area contributed by atoms with Crippen molar-refractivity contribution in [3.05, 3.63) is 0 Å². The lowest BCUT2D eigenvalue weighted by atomic mass is 9.89. The van der Waals surface area contributed by atoms with Crippen molar-refractivity contribution in [2.75, 3.05) is 13.7 Å². The zero-order valence-electron chi connectivity index (χ0n) is 19.5. The smallest absolute Gasteiger partial charge is 0.305 e. The van der Waals surface area contributed by atoms with Crippen molar-refractivity contribution in [3.8, 4) is 0 Å². The fraction of sp³-hybridized carbons (Fsp3) is 0.909. The predicted octanol–water partition coefficient (Wildman–Crippen LogP) is 4.45. The topological polar surface area (TPSA) is 82.1 Å². The number of unbranched alkanes of at least 4 members (excludes halogenated alkanes) is 3. The molecule has 0 radical (unpaired) electrons. The number of carbonyl (C=O) groups is 2. The van der Waals surface area contributed by atoms with Crippen LogP contribution in [0.2, 0.25) is 18.1 Å². The van der Waals surface area contributed by atoms with Gasteiger partial charge in [0.15, 0.2) is 8.32 Å². The van der Waals surface area contributed by atoms with Gasteiger partial charge < -0.3 is 19.0 Å². The van der Waals surface area contributed by atoms with Crippen LogP contribution in [0, 0.1) is 11.8 Å².